The van der Waals surface area contributed by atoms with Gasteiger partial charge in [0, 0.05) is 18.7 Å². The number of nitrogens with zero attached hydrogens (tertiary/aromatic N) is 5. The molecule has 1 aromatic heterocycles. The molecule has 0 N–H and O–H groups in total. The maximum absolute atomic E-state index is 12.0. The quantitative estimate of drug-likeness (QED) is 0.595. The van der Waals surface area contributed by atoms with E-state index in [0.717, 1.165) is 10.2 Å². The standard InChI is InChI=1S/C12H13N5O3/c1-15(7-10-5-3-2-4-6-10)11(18)8-16-9-13-12(14-16)17(19)20/h2-6,9H,7-8H2,1H3. The summed E-state index contributed by atoms with van der Waals surface area (Å²) in [6.07, 6.45) is 1.17. The minimum atomic E-state index is -0.700. The van der Waals surface area contributed by atoms with Gasteiger partial charge in [0.05, 0.1) is 0 Å². The minimum Gasteiger partial charge on any atom is -0.390 e. The third kappa shape index (κ3) is 3.37. The van der Waals surface area contributed by atoms with E-state index in [1.807, 2.05) is 30.3 Å². The Hall–Kier alpha value is -2.77. The van der Waals surface area contributed by atoms with Gasteiger partial charge in [0.1, 0.15) is 6.54 Å². The van der Waals surface area contributed by atoms with Gasteiger partial charge in [-0.25, -0.2) is 0 Å². The molecule has 0 radical (unpaired) electrons. The van der Waals surface area contributed by atoms with Crippen LogP contribution in [0, 0.1) is 10.1 Å². The topological polar surface area (TPSA) is 94.2 Å². The zero-order valence-electron chi connectivity index (χ0n) is 10.8. The van der Waals surface area contributed by atoms with Gasteiger partial charge in [-0.2, -0.15) is 4.68 Å². The largest absolute Gasteiger partial charge is 0.490 e. The molecular formula is C12H13N5O3. The third-order valence-corrected chi connectivity index (χ3v) is 2.67. The highest BCUT2D eigenvalue weighted by Crippen LogP contribution is 2.04. The van der Waals surface area contributed by atoms with Crippen LogP contribution in [0.15, 0.2) is 36.7 Å². The van der Waals surface area contributed by atoms with Crippen molar-refractivity contribution in [3.8, 4) is 0 Å². The van der Waals surface area contributed by atoms with Crippen LogP contribution < -0.4 is 0 Å². The molecule has 1 aromatic carbocycles. The first kappa shape index (κ1) is 13.7. The smallest absolute Gasteiger partial charge is 0.390 e. The monoisotopic (exact) mass is 275 g/mol. The summed E-state index contributed by atoms with van der Waals surface area (Å²) in [4.78, 5) is 26.7. The van der Waals surface area contributed by atoms with Crippen molar-refractivity contribution < 1.29 is 9.72 Å². The fourth-order valence-corrected chi connectivity index (χ4v) is 1.65. The Morgan fingerprint density at radius 1 is 1.40 bits per heavy atom. The predicted molar refractivity (Wildman–Crippen MR) is 69.6 cm³/mol. The normalized spacial score (nSPS) is 10.2. The highest BCUT2D eigenvalue weighted by molar-refractivity contribution is 5.75. The molecular weight excluding hydrogens is 262 g/mol. The zero-order chi connectivity index (χ0) is 14.5. The van der Waals surface area contributed by atoms with E-state index in [1.165, 1.54) is 11.2 Å². The highest BCUT2D eigenvalue weighted by Gasteiger charge is 2.17. The molecule has 0 atom stereocenters. The van der Waals surface area contributed by atoms with Crippen LogP contribution in [0.1, 0.15) is 5.56 Å². The molecule has 0 spiro atoms. The van der Waals surface area contributed by atoms with Crippen molar-refractivity contribution in [2.45, 2.75) is 13.1 Å². The van der Waals surface area contributed by atoms with E-state index in [0.29, 0.717) is 6.54 Å². The molecule has 0 saturated carbocycles. The second-order valence-corrected chi connectivity index (χ2v) is 4.23. The van der Waals surface area contributed by atoms with Crippen LogP contribution in [-0.2, 0) is 17.9 Å². The van der Waals surface area contributed by atoms with E-state index < -0.39 is 10.9 Å². The lowest BCUT2D eigenvalue weighted by Crippen LogP contribution is -2.29. The number of hydrogen-bond acceptors (Lipinski definition) is 5. The van der Waals surface area contributed by atoms with Crippen molar-refractivity contribution in [3.63, 3.8) is 0 Å². The summed E-state index contributed by atoms with van der Waals surface area (Å²) >= 11 is 0. The van der Waals surface area contributed by atoms with Crippen molar-refractivity contribution in [2.24, 2.45) is 0 Å². The summed E-state index contributed by atoms with van der Waals surface area (Å²) < 4.78 is 1.15. The number of likely N-dealkylation sites (N-methyl/N-ethyl adjacent to an activating group) is 1. The summed E-state index contributed by atoms with van der Waals surface area (Å²) in [6, 6.07) is 9.54. The van der Waals surface area contributed by atoms with Crippen molar-refractivity contribution in [2.75, 3.05) is 7.05 Å². The first-order chi connectivity index (χ1) is 9.56. The van der Waals surface area contributed by atoms with Gasteiger partial charge in [0.25, 0.3) is 0 Å². The van der Waals surface area contributed by atoms with Gasteiger partial charge in [0.2, 0.25) is 12.2 Å². The maximum atomic E-state index is 12.0. The van der Waals surface area contributed by atoms with Gasteiger partial charge in [-0.05, 0) is 10.5 Å². The van der Waals surface area contributed by atoms with Crippen LogP contribution in [0.25, 0.3) is 0 Å². The number of benzene rings is 1. The molecule has 0 aliphatic rings. The van der Waals surface area contributed by atoms with Gasteiger partial charge in [-0.1, -0.05) is 35.3 Å². The summed E-state index contributed by atoms with van der Waals surface area (Å²) in [7, 11) is 1.67. The van der Waals surface area contributed by atoms with Crippen LogP contribution in [0.3, 0.4) is 0 Å². The molecule has 0 unspecified atom stereocenters. The summed E-state index contributed by atoms with van der Waals surface area (Å²) in [6.45, 7) is 0.390. The van der Waals surface area contributed by atoms with E-state index in [2.05, 4.69) is 10.1 Å². The Balaban J connectivity index is 1.95. The Labute approximate surface area is 114 Å². The van der Waals surface area contributed by atoms with E-state index in [-0.39, 0.29) is 12.5 Å². The fourth-order valence-electron chi connectivity index (χ4n) is 1.65. The molecule has 0 fully saturated rings. The van der Waals surface area contributed by atoms with E-state index in [1.54, 1.807) is 7.05 Å². The third-order valence-electron chi connectivity index (χ3n) is 2.67. The van der Waals surface area contributed by atoms with Crippen LogP contribution >= 0.6 is 0 Å². The van der Waals surface area contributed by atoms with E-state index in [9.17, 15) is 14.9 Å². The summed E-state index contributed by atoms with van der Waals surface area (Å²) in [5.41, 5.74) is 1.01. The lowest BCUT2D eigenvalue weighted by molar-refractivity contribution is -0.394. The average Bonchev–Trinajstić information content (AvgIpc) is 2.88. The molecule has 20 heavy (non-hydrogen) atoms. The Bertz CT molecular complexity index is 611. The van der Waals surface area contributed by atoms with Crippen LogP contribution in [0.5, 0.6) is 0 Å². The van der Waals surface area contributed by atoms with E-state index >= 15 is 0 Å². The number of hydrogen-bond donors (Lipinski definition) is 0. The number of amides is 1. The summed E-state index contributed by atoms with van der Waals surface area (Å²) in [5, 5.41) is 14.0. The molecule has 1 heterocycles. The molecule has 0 bridgehead atoms. The van der Waals surface area contributed by atoms with Crippen LogP contribution in [-0.4, -0.2) is 37.5 Å². The number of carbonyl (C=O) groups is 1. The van der Waals surface area contributed by atoms with Gasteiger partial charge in [0.15, 0.2) is 0 Å². The first-order valence-corrected chi connectivity index (χ1v) is 5.88. The molecule has 1 amide bonds. The highest BCUT2D eigenvalue weighted by atomic mass is 16.6. The van der Waals surface area contributed by atoms with Gasteiger partial charge >= 0.3 is 5.95 Å². The molecule has 0 aliphatic carbocycles. The lowest BCUT2D eigenvalue weighted by Gasteiger charge is -2.16. The summed E-state index contributed by atoms with van der Waals surface area (Å²) in [5.74, 6) is -0.711. The van der Waals surface area contributed by atoms with Crippen molar-refractivity contribution in [1.82, 2.24) is 19.7 Å². The molecule has 0 aliphatic heterocycles. The second kappa shape index (κ2) is 5.91. The maximum Gasteiger partial charge on any atom is 0.490 e. The number of rotatable bonds is 5. The zero-order valence-corrected chi connectivity index (χ0v) is 10.8. The molecule has 8 nitrogen and oxygen atoms in total. The average molecular weight is 275 g/mol. The molecule has 8 heteroatoms. The van der Waals surface area contributed by atoms with Crippen molar-refractivity contribution in [3.05, 3.63) is 52.3 Å². The SMILES string of the molecule is CN(Cc1ccccc1)C(=O)Cn1cnc([N+](=O)[O-])n1. The number of aromatic nitrogens is 3. The molecule has 0 saturated heterocycles. The molecule has 2 aromatic rings. The Morgan fingerprint density at radius 3 is 2.70 bits per heavy atom. The van der Waals surface area contributed by atoms with Gasteiger partial charge in [-0.15, -0.1) is 0 Å². The van der Waals surface area contributed by atoms with Crippen LogP contribution in [0.2, 0.25) is 0 Å². The number of nitro groups is 1. The molecule has 2 rings (SSSR count). The Kier molecular flexibility index (Phi) is 4.04. The van der Waals surface area contributed by atoms with Crippen molar-refractivity contribution in [1.29, 1.82) is 0 Å². The number of carbonyl (C=O) groups excluding carboxylic acids is 1. The van der Waals surface area contributed by atoms with Gasteiger partial charge in [-0.3, -0.25) is 4.79 Å². The fraction of sp³-hybridized carbons (Fsp3) is 0.250. The van der Waals surface area contributed by atoms with Crippen LogP contribution in [0.4, 0.5) is 5.95 Å². The minimum absolute atomic E-state index is 0.0792. The predicted octanol–water partition coefficient (Wildman–Crippen LogP) is 0.845. The molecule has 104 valence electrons. The Morgan fingerprint density at radius 2 is 2.10 bits per heavy atom. The van der Waals surface area contributed by atoms with E-state index in [4.69, 9.17) is 0 Å². The first-order valence-electron chi connectivity index (χ1n) is 5.88. The lowest BCUT2D eigenvalue weighted by atomic mass is 10.2. The van der Waals surface area contributed by atoms with Crippen molar-refractivity contribution >= 4 is 11.9 Å². The second-order valence-electron chi connectivity index (χ2n) is 4.23. The van der Waals surface area contributed by atoms with Gasteiger partial charge < -0.3 is 15.0 Å².